The number of hydrogen-bond donors (Lipinski definition) is 1. The SMILES string of the molecule is CC1CCCC(CBr)(NC(=O)c2ccc(Br)o2)C1. The Hall–Kier alpha value is -0.290. The molecule has 1 aromatic heterocycles. The first-order valence-electron chi connectivity index (χ1n) is 6.18. The zero-order valence-corrected chi connectivity index (χ0v) is 13.5. The van der Waals surface area contributed by atoms with Crippen molar-refractivity contribution in [2.75, 3.05) is 5.33 Å². The van der Waals surface area contributed by atoms with Crippen molar-refractivity contribution in [1.29, 1.82) is 0 Å². The summed E-state index contributed by atoms with van der Waals surface area (Å²) in [7, 11) is 0. The minimum atomic E-state index is -0.131. The molecule has 2 rings (SSSR count). The maximum Gasteiger partial charge on any atom is 0.287 e. The van der Waals surface area contributed by atoms with E-state index in [2.05, 4.69) is 44.1 Å². The molecule has 1 N–H and O–H groups in total. The highest BCUT2D eigenvalue weighted by molar-refractivity contribution is 9.10. The average molecular weight is 379 g/mol. The van der Waals surface area contributed by atoms with Gasteiger partial charge in [-0.25, -0.2) is 0 Å². The Bertz CT molecular complexity index is 432. The van der Waals surface area contributed by atoms with Crippen molar-refractivity contribution >= 4 is 37.8 Å². The Morgan fingerprint density at radius 2 is 2.39 bits per heavy atom. The molecule has 5 heteroatoms. The van der Waals surface area contributed by atoms with Crippen LogP contribution in [0.2, 0.25) is 0 Å². The van der Waals surface area contributed by atoms with Crippen molar-refractivity contribution in [2.24, 2.45) is 5.92 Å². The average Bonchev–Trinajstić information content (AvgIpc) is 2.76. The van der Waals surface area contributed by atoms with Crippen LogP contribution < -0.4 is 5.32 Å². The normalized spacial score (nSPS) is 28.1. The quantitative estimate of drug-likeness (QED) is 0.804. The van der Waals surface area contributed by atoms with Crippen LogP contribution in [0.1, 0.15) is 43.2 Å². The molecule has 0 aromatic carbocycles. The Morgan fingerprint density at radius 3 is 2.94 bits per heavy atom. The number of alkyl halides is 1. The van der Waals surface area contributed by atoms with Crippen LogP contribution in [0.5, 0.6) is 0 Å². The third-order valence-electron chi connectivity index (χ3n) is 3.52. The molecule has 1 saturated carbocycles. The molecule has 2 unspecified atom stereocenters. The molecule has 18 heavy (non-hydrogen) atoms. The molecule has 100 valence electrons. The number of carbonyl (C=O) groups is 1. The summed E-state index contributed by atoms with van der Waals surface area (Å²) < 4.78 is 5.87. The third kappa shape index (κ3) is 3.18. The van der Waals surface area contributed by atoms with Gasteiger partial charge in [0.15, 0.2) is 10.4 Å². The fraction of sp³-hybridized carbons (Fsp3) is 0.615. The molecule has 1 fully saturated rings. The fourth-order valence-corrected chi connectivity index (χ4v) is 3.62. The van der Waals surface area contributed by atoms with Gasteiger partial charge in [-0.2, -0.15) is 0 Å². The molecule has 1 amide bonds. The number of nitrogens with one attached hydrogen (secondary N) is 1. The topological polar surface area (TPSA) is 42.2 Å². The molecule has 0 saturated heterocycles. The lowest BCUT2D eigenvalue weighted by Crippen LogP contribution is -2.52. The van der Waals surface area contributed by atoms with Crippen molar-refractivity contribution in [3.63, 3.8) is 0 Å². The number of rotatable bonds is 3. The van der Waals surface area contributed by atoms with Crippen LogP contribution in [-0.2, 0) is 0 Å². The van der Waals surface area contributed by atoms with Gasteiger partial charge in [0.1, 0.15) is 0 Å². The van der Waals surface area contributed by atoms with Gasteiger partial charge in [-0.05, 0) is 46.8 Å². The molecule has 0 bridgehead atoms. The molecule has 0 aliphatic heterocycles. The van der Waals surface area contributed by atoms with E-state index < -0.39 is 0 Å². The second-order valence-corrected chi connectivity index (χ2v) is 6.52. The summed E-state index contributed by atoms with van der Waals surface area (Å²) in [6, 6.07) is 3.42. The van der Waals surface area contributed by atoms with Gasteiger partial charge in [0, 0.05) is 5.33 Å². The molecule has 0 radical (unpaired) electrons. The lowest BCUT2D eigenvalue weighted by atomic mass is 9.77. The van der Waals surface area contributed by atoms with Crippen molar-refractivity contribution in [1.82, 2.24) is 5.32 Å². The largest absolute Gasteiger partial charge is 0.444 e. The predicted octanol–water partition coefficient (Wildman–Crippen LogP) is 4.12. The minimum Gasteiger partial charge on any atom is -0.444 e. The monoisotopic (exact) mass is 377 g/mol. The summed E-state index contributed by atoms with van der Waals surface area (Å²) in [4.78, 5) is 12.2. The van der Waals surface area contributed by atoms with Crippen molar-refractivity contribution in [2.45, 2.75) is 38.1 Å². The molecule has 3 nitrogen and oxygen atoms in total. The highest BCUT2D eigenvalue weighted by Crippen LogP contribution is 2.34. The second kappa shape index (κ2) is 5.78. The van der Waals surface area contributed by atoms with E-state index >= 15 is 0 Å². The maximum atomic E-state index is 12.2. The number of hydrogen-bond acceptors (Lipinski definition) is 2. The van der Waals surface area contributed by atoms with E-state index in [0.717, 1.165) is 24.6 Å². The van der Waals surface area contributed by atoms with E-state index in [1.807, 2.05) is 0 Å². The van der Waals surface area contributed by atoms with Crippen LogP contribution in [0.4, 0.5) is 0 Å². The lowest BCUT2D eigenvalue weighted by molar-refractivity contribution is 0.0839. The predicted molar refractivity (Wildman–Crippen MR) is 78.0 cm³/mol. The van der Waals surface area contributed by atoms with Gasteiger partial charge in [0.05, 0.1) is 5.54 Å². The Balaban J connectivity index is 2.08. The standard InChI is InChI=1S/C13H17Br2NO2/c1-9-3-2-6-13(7-9,8-14)16-12(17)10-4-5-11(15)18-10/h4-5,9H,2-3,6-8H2,1H3,(H,16,17). The third-order valence-corrected chi connectivity index (χ3v) is 5.02. The van der Waals surface area contributed by atoms with Gasteiger partial charge in [0.2, 0.25) is 0 Å². The molecular formula is C13H17Br2NO2. The Labute approximate surface area is 124 Å². The summed E-state index contributed by atoms with van der Waals surface area (Å²) in [5, 5.41) is 3.93. The van der Waals surface area contributed by atoms with E-state index in [-0.39, 0.29) is 11.4 Å². The van der Waals surface area contributed by atoms with E-state index in [1.54, 1.807) is 12.1 Å². The van der Waals surface area contributed by atoms with E-state index in [0.29, 0.717) is 16.3 Å². The molecule has 2 atom stereocenters. The molecular weight excluding hydrogens is 362 g/mol. The van der Waals surface area contributed by atoms with Crippen LogP contribution in [0.15, 0.2) is 21.2 Å². The van der Waals surface area contributed by atoms with E-state index in [1.165, 1.54) is 6.42 Å². The van der Waals surface area contributed by atoms with Crippen molar-refractivity contribution in [3.8, 4) is 0 Å². The van der Waals surface area contributed by atoms with Gasteiger partial charge in [0.25, 0.3) is 5.91 Å². The smallest absolute Gasteiger partial charge is 0.287 e. The molecule has 1 aromatic rings. The molecule has 1 aliphatic carbocycles. The van der Waals surface area contributed by atoms with Gasteiger partial charge in [-0.3, -0.25) is 4.79 Å². The zero-order chi connectivity index (χ0) is 13.2. The van der Waals surface area contributed by atoms with Crippen LogP contribution in [0.3, 0.4) is 0 Å². The van der Waals surface area contributed by atoms with Gasteiger partial charge < -0.3 is 9.73 Å². The first-order chi connectivity index (χ1) is 8.54. The fourth-order valence-electron chi connectivity index (χ4n) is 2.67. The first-order valence-corrected chi connectivity index (χ1v) is 8.10. The molecule has 1 heterocycles. The first kappa shape index (κ1) is 14.1. The Kier molecular flexibility index (Phi) is 4.54. The summed E-state index contributed by atoms with van der Waals surface area (Å²) in [5.74, 6) is 0.884. The second-order valence-electron chi connectivity index (χ2n) is 5.17. The summed E-state index contributed by atoms with van der Waals surface area (Å²) >= 11 is 6.76. The Morgan fingerprint density at radius 1 is 1.61 bits per heavy atom. The van der Waals surface area contributed by atoms with Crippen molar-refractivity contribution < 1.29 is 9.21 Å². The summed E-state index contributed by atoms with van der Waals surface area (Å²) in [5.41, 5.74) is -0.131. The number of carbonyl (C=O) groups excluding carboxylic acids is 1. The van der Waals surface area contributed by atoms with Crippen LogP contribution in [0, 0.1) is 5.92 Å². The lowest BCUT2D eigenvalue weighted by Gasteiger charge is -2.39. The van der Waals surface area contributed by atoms with Crippen molar-refractivity contribution in [3.05, 3.63) is 22.6 Å². The van der Waals surface area contributed by atoms with E-state index in [4.69, 9.17) is 4.42 Å². The highest BCUT2D eigenvalue weighted by atomic mass is 79.9. The maximum absolute atomic E-state index is 12.2. The minimum absolute atomic E-state index is 0.130. The van der Waals surface area contributed by atoms with Gasteiger partial charge in [-0.15, -0.1) is 0 Å². The van der Waals surface area contributed by atoms with E-state index in [9.17, 15) is 4.79 Å². The van der Waals surface area contributed by atoms with Crippen LogP contribution >= 0.6 is 31.9 Å². The van der Waals surface area contributed by atoms with Crippen LogP contribution in [-0.4, -0.2) is 16.8 Å². The summed E-state index contributed by atoms with van der Waals surface area (Å²) in [6.45, 7) is 2.24. The number of furan rings is 1. The van der Waals surface area contributed by atoms with Gasteiger partial charge in [-0.1, -0.05) is 35.7 Å². The summed E-state index contributed by atoms with van der Waals surface area (Å²) in [6.07, 6.45) is 4.45. The number of halogens is 2. The zero-order valence-electron chi connectivity index (χ0n) is 10.3. The number of amides is 1. The van der Waals surface area contributed by atoms with Gasteiger partial charge >= 0.3 is 0 Å². The van der Waals surface area contributed by atoms with Crippen LogP contribution in [0.25, 0.3) is 0 Å². The highest BCUT2D eigenvalue weighted by Gasteiger charge is 2.36. The molecule has 0 spiro atoms. The molecule has 1 aliphatic rings.